The lowest BCUT2D eigenvalue weighted by molar-refractivity contribution is 0.578. The van der Waals surface area contributed by atoms with Gasteiger partial charge in [0.15, 0.2) is 0 Å². The highest BCUT2D eigenvalue weighted by atomic mass is 32.2. The van der Waals surface area contributed by atoms with Gasteiger partial charge in [-0.3, -0.25) is 0 Å². The first-order valence-electron chi connectivity index (χ1n) is 5.41. The van der Waals surface area contributed by atoms with Crippen molar-refractivity contribution in [2.75, 3.05) is 4.90 Å². The fourth-order valence-electron chi connectivity index (χ4n) is 1.88. The van der Waals surface area contributed by atoms with Crippen LogP contribution in [-0.4, -0.2) is 20.6 Å². The molecule has 96 valence electrons. The van der Waals surface area contributed by atoms with Gasteiger partial charge in [-0.15, -0.1) is 0 Å². The number of sulfonamides is 1. The van der Waals surface area contributed by atoms with Crippen molar-refractivity contribution in [2.45, 2.75) is 37.9 Å². The van der Waals surface area contributed by atoms with Crippen molar-refractivity contribution in [3.63, 3.8) is 0 Å². The third-order valence-corrected chi connectivity index (χ3v) is 3.40. The molecule has 17 heavy (non-hydrogen) atoms. The van der Waals surface area contributed by atoms with Crippen LogP contribution in [0.5, 0.6) is 0 Å². The summed E-state index contributed by atoms with van der Waals surface area (Å²) in [5.74, 6) is 0. The van der Waals surface area contributed by atoms with E-state index in [-0.39, 0.29) is 17.1 Å². The molecule has 0 heterocycles. The fourth-order valence-corrected chi connectivity index (χ4v) is 2.61. The molecule has 0 fully saturated rings. The number of primary sulfonamides is 1. The maximum atomic E-state index is 11.5. The second kappa shape index (κ2) is 5.03. The molecule has 6 heteroatoms. The summed E-state index contributed by atoms with van der Waals surface area (Å²) in [6.45, 7) is 5.70. The van der Waals surface area contributed by atoms with Gasteiger partial charge in [0.25, 0.3) is 0 Å². The van der Waals surface area contributed by atoms with Gasteiger partial charge in [0.1, 0.15) is 4.90 Å². The summed E-state index contributed by atoms with van der Waals surface area (Å²) >= 11 is 0. The van der Waals surface area contributed by atoms with Crippen LogP contribution in [0.4, 0.5) is 5.69 Å². The van der Waals surface area contributed by atoms with Crippen LogP contribution in [0.15, 0.2) is 29.2 Å². The van der Waals surface area contributed by atoms with Crippen molar-refractivity contribution in [1.82, 2.24) is 0 Å². The Hall–Kier alpha value is -1.11. The minimum atomic E-state index is -3.74. The summed E-state index contributed by atoms with van der Waals surface area (Å²) in [6.07, 6.45) is -0.294. The van der Waals surface area contributed by atoms with Gasteiger partial charge in [-0.25, -0.2) is 13.6 Å². The average Bonchev–Trinajstić information content (AvgIpc) is 2.15. The molecule has 1 atom stereocenters. The van der Waals surface area contributed by atoms with E-state index in [1.807, 2.05) is 18.7 Å². The number of hydrogen-bond acceptors (Lipinski definition) is 4. The molecule has 0 aromatic heterocycles. The van der Waals surface area contributed by atoms with E-state index in [0.717, 1.165) is 0 Å². The molecule has 1 rings (SSSR count). The van der Waals surface area contributed by atoms with Crippen LogP contribution >= 0.6 is 0 Å². The van der Waals surface area contributed by atoms with Gasteiger partial charge in [0.2, 0.25) is 10.0 Å². The Morgan fingerprint density at radius 2 is 1.71 bits per heavy atom. The minimum Gasteiger partial charge on any atom is -0.353 e. The van der Waals surface area contributed by atoms with Gasteiger partial charge >= 0.3 is 0 Å². The first-order chi connectivity index (χ1) is 7.75. The lowest BCUT2D eigenvalue weighted by Crippen LogP contribution is -2.45. The van der Waals surface area contributed by atoms with Gasteiger partial charge < -0.3 is 10.6 Å². The largest absolute Gasteiger partial charge is 0.353 e. The van der Waals surface area contributed by atoms with E-state index in [0.29, 0.717) is 5.69 Å². The van der Waals surface area contributed by atoms with Crippen molar-refractivity contribution in [1.29, 1.82) is 0 Å². The predicted octanol–water partition coefficient (Wildman–Crippen LogP) is 0.854. The average molecular weight is 257 g/mol. The van der Waals surface area contributed by atoms with E-state index in [9.17, 15) is 8.42 Å². The molecule has 0 radical (unpaired) electrons. The Bertz CT molecular complexity index is 475. The highest BCUT2D eigenvalue weighted by Crippen LogP contribution is 2.26. The first-order valence-corrected chi connectivity index (χ1v) is 6.95. The molecule has 0 amide bonds. The zero-order valence-corrected chi connectivity index (χ0v) is 11.1. The lowest BCUT2D eigenvalue weighted by Gasteiger charge is -2.33. The molecule has 0 saturated carbocycles. The van der Waals surface area contributed by atoms with E-state index in [1.54, 1.807) is 25.1 Å². The van der Waals surface area contributed by atoms with E-state index >= 15 is 0 Å². The quantitative estimate of drug-likeness (QED) is 0.783. The second-order valence-corrected chi connectivity index (χ2v) is 5.78. The number of benzene rings is 1. The lowest BCUT2D eigenvalue weighted by atomic mass is 10.2. The maximum absolute atomic E-state index is 11.5. The van der Waals surface area contributed by atoms with Crippen molar-refractivity contribution >= 4 is 15.7 Å². The second-order valence-electron chi connectivity index (χ2n) is 4.25. The maximum Gasteiger partial charge on any atom is 0.240 e. The van der Waals surface area contributed by atoms with E-state index in [1.165, 1.54) is 6.07 Å². The number of nitrogens with two attached hydrogens (primary N) is 2. The van der Waals surface area contributed by atoms with Gasteiger partial charge in [-0.2, -0.15) is 0 Å². The number of rotatable bonds is 4. The molecule has 0 aliphatic heterocycles. The van der Waals surface area contributed by atoms with Crippen molar-refractivity contribution < 1.29 is 8.42 Å². The van der Waals surface area contributed by atoms with E-state index < -0.39 is 10.0 Å². The Morgan fingerprint density at radius 3 is 2.12 bits per heavy atom. The van der Waals surface area contributed by atoms with Crippen LogP contribution in [0.3, 0.4) is 0 Å². The summed E-state index contributed by atoms with van der Waals surface area (Å²) in [4.78, 5) is 1.92. The Labute approximate surface area is 102 Å². The standard InChI is InChI=1S/C11H19N3O2S/c1-8(2)14(9(3)12)10-6-4-5-7-11(10)17(13,15)16/h4-9H,12H2,1-3H3,(H2,13,15,16). The molecular formula is C11H19N3O2S. The normalized spacial score (nSPS) is 13.8. The molecule has 4 N–H and O–H groups in total. The smallest absolute Gasteiger partial charge is 0.240 e. The number of hydrogen-bond donors (Lipinski definition) is 2. The van der Waals surface area contributed by atoms with Gasteiger partial charge in [-0.1, -0.05) is 12.1 Å². The number of anilines is 1. The third kappa shape index (κ3) is 3.18. The van der Waals surface area contributed by atoms with E-state index in [4.69, 9.17) is 10.9 Å². The molecule has 1 unspecified atom stereocenters. The number of para-hydroxylation sites is 1. The van der Waals surface area contributed by atoms with Crippen molar-refractivity contribution in [2.24, 2.45) is 10.9 Å². The molecule has 0 aliphatic rings. The Kier molecular flexibility index (Phi) is 4.13. The molecule has 1 aromatic rings. The zero-order chi connectivity index (χ0) is 13.2. The summed E-state index contributed by atoms with van der Waals surface area (Å²) < 4.78 is 23.0. The summed E-state index contributed by atoms with van der Waals surface area (Å²) in [7, 11) is -3.74. The van der Waals surface area contributed by atoms with Crippen LogP contribution in [0.1, 0.15) is 20.8 Å². The van der Waals surface area contributed by atoms with E-state index in [2.05, 4.69) is 0 Å². The molecule has 1 aromatic carbocycles. The van der Waals surface area contributed by atoms with Crippen LogP contribution in [0, 0.1) is 0 Å². The minimum absolute atomic E-state index is 0.0814. The highest BCUT2D eigenvalue weighted by Gasteiger charge is 2.22. The summed E-state index contributed by atoms with van der Waals surface area (Å²) in [6, 6.07) is 6.69. The van der Waals surface area contributed by atoms with Gasteiger partial charge in [0.05, 0.1) is 11.9 Å². The molecule has 0 saturated heterocycles. The SMILES string of the molecule is CC(C)N(c1ccccc1S(N)(=O)=O)C(C)N. The molecule has 0 aliphatic carbocycles. The molecule has 0 spiro atoms. The number of nitrogens with zero attached hydrogens (tertiary/aromatic N) is 1. The fraction of sp³-hybridized carbons (Fsp3) is 0.455. The zero-order valence-electron chi connectivity index (χ0n) is 10.3. The monoisotopic (exact) mass is 257 g/mol. The molecular weight excluding hydrogens is 238 g/mol. The Balaban J connectivity index is 3.39. The third-order valence-electron chi connectivity index (χ3n) is 2.45. The summed E-state index contributed by atoms with van der Waals surface area (Å²) in [5, 5.41) is 5.20. The first kappa shape index (κ1) is 14.0. The van der Waals surface area contributed by atoms with Gasteiger partial charge in [0, 0.05) is 6.04 Å². The topological polar surface area (TPSA) is 89.4 Å². The Morgan fingerprint density at radius 1 is 1.18 bits per heavy atom. The van der Waals surface area contributed by atoms with Crippen molar-refractivity contribution in [3.8, 4) is 0 Å². The summed E-state index contributed by atoms with van der Waals surface area (Å²) in [5.41, 5.74) is 6.41. The van der Waals surface area contributed by atoms with Gasteiger partial charge in [-0.05, 0) is 32.9 Å². The van der Waals surface area contributed by atoms with Crippen LogP contribution in [0.2, 0.25) is 0 Å². The molecule has 5 nitrogen and oxygen atoms in total. The van der Waals surface area contributed by atoms with Crippen LogP contribution in [-0.2, 0) is 10.0 Å². The van der Waals surface area contributed by atoms with Crippen LogP contribution < -0.4 is 15.8 Å². The predicted molar refractivity (Wildman–Crippen MR) is 69.1 cm³/mol. The molecule has 0 bridgehead atoms. The highest BCUT2D eigenvalue weighted by molar-refractivity contribution is 7.89. The van der Waals surface area contributed by atoms with Crippen LogP contribution in [0.25, 0.3) is 0 Å². The van der Waals surface area contributed by atoms with Crippen molar-refractivity contribution in [3.05, 3.63) is 24.3 Å².